The van der Waals surface area contributed by atoms with Crippen molar-refractivity contribution in [2.45, 2.75) is 39.7 Å². The molecule has 1 aromatic carbocycles. The average Bonchev–Trinajstić information content (AvgIpc) is 2.47. The molecule has 1 aromatic rings. The SMILES string of the molecule is C/C=C/C(=O)OC(C)C(=O)c1ccc(NC(=O)CCC)cc1. The highest BCUT2D eigenvalue weighted by Crippen LogP contribution is 2.13. The molecule has 0 aromatic heterocycles. The van der Waals surface area contributed by atoms with E-state index in [0.717, 1.165) is 6.42 Å². The molecule has 0 saturated heterocycles. The Bertz CT molecular complexity index is 561. The normalized spacial score (nSPS) is 12.0. The molecule has 1 unspecified atom stereocenters. The summed E-state index contributed by atoms with van der Waals surface area (Å²) in [6, 6.07) is 6.51. The van der Waals surface area contributed by atoms with E-state index in [1.807, 2.05) is 6.92 Å². The minimum absolute atomic E-state index is 0.0600. The molecule has 0 aliphatic heterocycles. The standard InChI is InChI=1S/C17H21NO4/c1-4-6-15(19)18-14-10-8-13(9-11-14)17(21)12(3)22-16(20)7-5-2/h5,7-12H,4,6H2,1-3H3,(H,18,19)/b7-5+. The fourth-order valence-corrected chi connectivity index (χ4v) is 1.81. The molecule has 0 aliphatic carbocycles. The number of carbonyl (C=O) groups is 3. The lowest BCUT2D eigenvalue weighted by Gasteiger charge is -2.11. The monoisotopic (exact) mass is 303 g/mol. The molecule has 0 radical (unpaired) electrons. The van der Waals surface area contributed by atoms with Gasteiger partial charge in [0.05, 0.1) is 0 Å². The maximum atomic E-state index is 12.1. The largest absolute Gasteiger partial charge is 0.451 e. The fourth-order valence-electron chi connectivity index (χ4n) is 1.81. The Kier molecular flexibility index (Phi) is 7.02. The lowest BCUT2D eigenvalue weighted by atomic mass is 10.1. The highest BCUT2D eigenvalue weighted by atomic mass is 16.5. The molecule has 5 nitrogen and oxygen atoms in total. The van der Waals surface area contributed by atoms with E-state index in [0.29, 0.717) is 17.7 Å². The van der Waals surface area contributed by atoms with Gasteiger partial charge in [-0.15, -0.1) is 0 Å². The van der Waals surface area contributed by atoms with E-state index in [4.69, 9.17) is 4.74 Å². The summed E-state index contributed by atoms with van der Waals surface area (Å²) < 4.78 is 4.99. The molecule has 22 heavy (non-hydrogen) atoms. The van der Waals surface area contributed by atoms with Crippen LogP contribution in [0.3, 0.4) is 0 Å². The Morgan fingerprint density at radius 3 is 2.41 bits per heavy atom. The highest BCUT2D eigenvalue weighted by Gasteiger charge is 2.18. The van der Waals surface area contributed by atoms with E-state index in [1.54, 1.807) is 37.3 Å². The van der Waals surface area contributed by atoms with Crippen molar-refractivity contribution < 1.29 is 19.1 Å². The molecule has 0 aliphatic rings. The number of carbonyl (C=O) groups excluding carboxylic acids is 3. The van der Waals surface area contributed by atoms with Crippen LogP contribution in [0.15, 0.2) is 36.4 Å². The van der Waals surface area contributed by atoms with E-state index < -0.39 is 12.1 Å². The fraction of sp³-hybridized carbons (Fsp3) is 0.353. The maximum absolute atomic E-state index is 12.1. The van der Waals surface area contributed by atoms with Crippen LogP contribution in [-0.2, 0) is 14.3 Å². The van der Waals surface area contributed by atoms with Crippen LogP contribution in [0.25, 0.3) is 0 Å². The lowest BCUT2D eigenvalue weighted by Crippen LogP contribution is -2.23. The van der Waals surface area contributed by atoms with Gasteiger partial charge in [-0.25, -0.2) is 4.79 Å². The Labute approximate surface area is 130 Å². The number of benzene rings is 1. The minimum atomic E-state index is -0.857. The molecule has 1 amide bonds. The number of amides is 1. The molecule has 0 heterocycles. The Morgan fingerprint density at radius 2 is 1.86 bits per heavy atom. The van der Waals surface area contributed by atoms with Crippen molar-refractivity contribution in [3.8, 4) is 0 Å². The molecule has 0 fully saturated rings. The molecule has 5 heteroatoms. The summed E-state index contributed by atoms with van der Waals surface area (Å²) in [5.74, 6) is -0.897. The number of esters is 1. The number of allylic oxidation sites excluding steroid dienone is 1. The van der Waals surface area contributed by atoms with Gasteiger partial charge in [0, 0.05) is 23.7 Å². The summed E-state index contributed by atoms with van der Waals surface area (Å²) in [5.41, 5.74) is 1.06. The molecule has 118 valence electrons. The summed E-state index contributed by atoms with van der Waals surface area (Å²) in [6.45, 7) is 5.15. The number of nitrogens with one attached hydrogen (secondary N) is 1. The van der Waals surface area contributed by atoms with Gasteiger partial charge in [0.25, 0.3) is 0 Å². The van der Waals surface area contributed by atoms with E-state index in [-0.39, 0.29) is 11.7 Å². The predicted molar refractivity (Wildman–Crippen MR) is 84.7 cm³/mol. The second kappa shape index (κ2) is 8.77. The van der Waals surface area contributed by atoms with E-state index >= 15 is 0 Å². The lowest BCUT2D eigenvalue weighted by molar-refractivity contribution is -0.140. The molecule has 0 spiro atoms. The van der Waals surface area contributed by atoms with Crippen molar-refractivity contribution in [3.63, 3.8) is 0 Å². The second-order valence-electron chi connectivity index (χ2n) is 4.82. The van der Waals surface area contributed by atoms with Crippen molar-refractivity contribution in [2.24, 2.45) is 0 Å². The Balaban J connectivity index is 2.67. The number of ether oxygens (including phenoxy) is 1. The second-order valence-corrected chi connectivity index (χ2v) is 4.82. The van der Waals surface area contributed by atoms with Crippen molar-refractivity contribution in [2.75, 3.05) is 5.32 Å². The van der Waals surface area contributed by atoms with Crippen LogP contribution >= 0.6 is 0 Å². The van der Waals surface area contributed by atoms with Crippen molar-refractivity contribution in [3.05, 3.63) is 42.0 Å². The van der Waals surface area contributed by atoms with Gasteiger partial charge < -0.3 is 10.1 Å². The van der Waals surface area contributed by atoms with Gasteiger partial charge in [-0.05, 0) is 44.5 Å². The third-order valence-corrected chi connectivity index (χ3v) is 2.90. The van der Waals surface area contributed by atoms with E-state index in [2.05, 4.69) is 5.32 Å². The Morgan fingerprint density at radius 1 is 1.23 bits per heavy atom. The third-order valence-electron chi connectivity index (χ3n) is 2.90. The van der Waals surface area contributed by atoms with Crippen molar-refractivity contribution >= 4 is 23.3 Å². The van der Waals surface area contributed by atoms with Crippen molar-refractivity contribution in [1.82, 2.24) is 0 Å². The summed E-state index contributed by atoms with van der Waals surface area (Å²) in [5, 5.41) is 2.74. The summed E-state index contributed by atoms with van der Waals surface area (Å²) in [7, 11) is 0. The van der Waals surface area contributed by atoms with Crippen LogP contribution in [0, 0.1) is 0 Å². The predicted octanol–water partition coefficient (Wildman–Crippen LogP) is 3.12. The van der Waals surface area contributed by atoms with Gasteiger partial charge in [-0.2, -0.15) is 0 Å². The molecule has 1 atom stereocenters. The van der Waals surface area contributed by atoms with Crippen LogP contribution in [0.4, 0.5) is 5.69 Å². The maximum Gasteiger partial charge on any atom is 0.331 e. The zero-order valence-corrected chi connectivity index (χ0v) is 13.1. The molecule has 1 N–H and O–H groups in total. The molecule has 0 bridgehead atoms. The van der Waals surface area contributed by atoms with Gasteiger partial charge in [-0.1, -0.05) is 13.0 Å². The van der Waals surface area contributed by atoms with Gasteiger partial charge in [-0.3, -0.25) is 9.59 Å². The quantitative estimate of drug-likeness (QED) is 0.477. The number of rotatable bonds is 7. The number of hydrogen-bond acceptors (Lipinski definition) is 4. The number of hydrogen-bond donors (Lipinski definition) is 1. The van der Waals surface area contributed by atoms with Crippen LogP contribution in [0.5, 0.6) is 0 Å². The van der Waals surface area contributed by atoms with Crippen molar-refractivity contribution in [1.29, 1.82) is 0 Å². The van der Waals surface area contributed by atoms with Gasteiger partial charge in [0.2, 0.25) is 11.7 Å². The topological polar surface area (TPSA) is 72.5 Å². The first-order chi connectivity index (χ1) is 10.5. The molecular weight excluding hydrogens is 282 g/mol. The molecule has 0 saturated carbocycles. The van der Waals surface area contributed by atoms with E-state index in [9.17, 15) is 14.4 Å². The first kappa shape index (κ1) is 17.6. The zero-order chi connectivity index (χ0) is 16.5. The first-order valence-electron chi connectivity index (χ1n) is 7.25. The average molecular weight is 303 g/mol. The number of ketones is 1. The number of Topliss-reactive ketones (excluding diaryl/α,β-unsaturated/α-hetero) is 1. The highest BCUT2D eigenvalue weighted by molar-refractivity contribution is 6.01. The minimum Gasteiger partial charge on any atom is -0.451 e. The first-order valence-corrected chi connectivity index (χ1v) is 7.25. The van der Waals surface area contributed by atoms with Crippen LogP contribution in [0.1, 0.15) is 44.0 Å². The van der Waals surface area contributed by atoms with E-state index in [1.165, 1.54) is 13.0 Å². The van der Waals surface area contributed by atoms with Gasteiger partial charge in [0.15, 0.2) is 6.10 Å². The smallest absolute Gasteiger partial charge is 0.331 e. The van der Waals surface area contributed by atoms with Crippen LogP contribution in [-0.4, -0.2) is 23.8 Å². The summed E-state index contributed by atoms with van der Waals surface area (Å²) in [6.07, 6.45) is 3.18. The number of anilines is 1. The van der Waals surface area contributed by atoms with Crippen LogP contribution in [0.2, 0.25) is 0 Å². The van der Waals surface area contributed by atoms with Crippen LogP contribution < -0.4 is 5.32 Å². The zero-order valence-electron chi connectivity index (χ0n) is 13.1. The Hall–Kier alpha value is -2.43. The summed E-state index contributed by atoms with van der Waals surface area (Å²) in [4.78, 5) is 34.9. The summed E-state index contributed by atoms with van der Waals surface area (Å²) >= 11 is 0. The third kappa shape index (κ3) is 5.52. The molecular formula is C17H21NO4. The molecule has 1 rings (SSSR count). The van der Waals surface area contributed by atoms with Gasteiger partial charge >= 0.3 is 5.97 Å². The van der Waals surface area contributed by atoms with Gasteiger partial charge in [0.1, 0.15) is 0 Å².